The lowest BCUT2D eigenvalue weighted by molar-refractivity contribution is -0.115. The third-order valence-electron chi connectivity index (χ3n) is 6.51. The molecule has 0 aliphatic carbocycles. The summed E-state index contributed by atoms with van der Waals surface area (Å²) in [7, 11) is -0.813. The number of nitrogens with one attached hydrogen (secondary N) is 3. The van der Waals surface area contributed by atoms with Crippen LogP contribution in [0.1, 0.15) is 22.8 Å². The van der Waals surface area contributed by atoms with Crippen molar-refractivity contribution in [1.82, 2.24) is 5.32 Å². The molecule has 0 fully saturated rings. The van der Waals surface area contributed by atoms with E-state index in [1.165, 1.54) is 56.3 Å². The number of methoxy groups -OCH3 is 2. The van der Waals surface area contributed by atoms with Gasteiger partial charge < -0.3 is 25.4 Å². The summed E-state index contributed by atoms with van der Waals surface area (Å²) in [6.45, 7) is 1.73. The van der Waals surface area contributed by atoms with E-state index in [1.807, 2.05) is 0 Å². The van der Waals surface area contributed by atoms with Crippen LogP contribution >= 0.6 is 11.8 Å². The van der Waals surface area contributed by atoms with Crippen LogP contribution in [0, 0.1) is 0 Å². The van der Waals surface area contributed by atoms with Gasteiger partial charge in [0, 0.05) is 27.4 Å². The smallest absolute Gasteiger partial charge is 0.272 e. The molecule has 0 aliphatic heterocycles. The van der Waals surface area contributed by atoms with Gasteiger partial charge in [0.05, 0.1) is 24.4 Å². The van der Waals surface area contributed by atoms with Gasteiger partial charge >= 0.3 is 0 Å². The molecule has 5 N–H and O–H groups in total. The first-order chi connectivity index (χ1) is 22.0. The molecule has 3 amide bonds. The quantitative estimate of drug-likeness (QED) is 0.123. The number of benzene rings is 4. The lowest BCUT2D eigenvalue weighted by Gasteiger charge is -2.14. The van der Waals surface area contributed by atoms with Crippen LogP contribution in [0.5, 0.6) is 11.5 Å². The number of rotatable bonds is 12. The van der Waals surface area contributed by atoms with Crippen molar-refractivity contribution in [3.63, 3.8) is 0 Å². The highest BCUT2D eigenvalue weighted by Crippen LogP contribution is 2.28. The number of hydrogen-bond acceptors (Lipinski definition) is 8. The lowest BCUT2D eigenvalue weighted by atomic mass is 10.1. The predicted octanol–water partition coefficient (Wildman–Crippen LogP) is 4.88. The topological polar surface area (TPSA) is 166 Å². The molecule has 4 aromatic rings. The standard InChI is InChI=1S/C33H32N4O7S2/c1-21(31(38)35-25-11-16-28(17-12-25)46(34,41)42)45-27-14-9-24(10-15-27)36-33(40)29(37-32(39)22-7-5-4-6-8-22)20-23-19-26(43-2)13-18-30(23)44-3/h4-21H,1-3H3,(H,35,38)(H,36,40)(H,37,39)(H2,34,41,42)/b29-20-. The molecule has 11 nitrogen and oxygen atoms in total. The van der Waals surface area contributed by atoms with E-state index in [4.69, 9.17) is 14.6 Å². The number of nitrogens with two attached hydrogens (primary N) is 1. The first-order valence-corrected chi connectivity index (χ1v) is 16.2. The highest BCUT2D eigenvalue weighted by Gasteiger charge is 2.18. The summed E-state index contributed by atoms with van der Waals surface area (Å²) in [5.74, 6) is -0.320. The monoisotopic (exact) mass is 660 g/mol. The Hall–Kier alpha value is -5.11. The molecule has 0 aliphatic rings. The third-order valence-corrected chi connectivity index (χ3v) is 8.55. The molecule has 46 heavy (non-hydrogen) atoms. The van der Waals surface area contributed by atoms with Gasteiger partial charge in [-0.2, -0.15) is 0 Å². The first kappa shape index (κ1) is 33.8. The number of carbonyl (C=O) groups excluding carboxylic acids is 3. The fourth-order valence-corrected chi connectivity index (χ4v) is 5.48. The summed E-state index contributed by atoms with van der Waals surface area (Å²) >= 11 is 1.29. The molecule has 0 aromatic heterocycles. The second-order valence-electron chi connectivity index (χ2n) is 9.78. The number of ether oxygens (including phenoxy) is 2. The molecule has 1 unspecified atom stereocenters. The fraction of sp³-hybridized carbons (Fsp3) is 0.121. The maximum atomic E-state index is 13.5. The van der Waals surface area contributed by atoms with Crippen LogP contribution in [-0.2, 0) is 19.6 Å². The van der Waals surface area contributed by atoms with Crippen LogP contribution in [0.4, 0.5) is 11.4 Å². The average Bonchev–Trinajstić information content (AvgIpc) is 3.05. The van der Waals surface area contributed by atoms with E-state index in [0.717, 1.165) is 4.90 Å². The van der Waals surface area contributed by atoms with E-state index in [2.05, 4.69) is 16.0 Å². The first-order valence-electron chi connectivity index (χ1n) is 13.8. The maximum Gasteiger partial charge on any atom is 0.272 e. The van der Waals surface area contributed by atoms with E-state index in [1.54, 1.807) is 79.7 Å². The Morgan fingerprint density at radius 1 is 0.826 bits per heavy atom. The molecular formula is C33H32N4O7S2. The number of hydrogen-bond donors (Lipinski definition) is 4. The number of anilines is 2. The van der Waals surface area contributed by atoms with Gasteiger partial charge in [0.25, 0.3) is 11.8 Å². The minimum Gasteiger partial charge on any atom is -0.497 e. The summed E-state index contributed by atoms with van der Waals surface area (Å²) in [6.07, 6.45) is 1.50. The fourth-order valence-electron chi connectivity index (χ4n) is 4.09. The minimum absolute atomic E-state index is 0.0266. The summed E-state index contributed by atoms with van der Waals surface area (Å²) in [4.78, 5) is 39.9. The van der Waals surface area contributed by atoms with Crippen molar-refractivity contribution < 1.29 is 32.3 Å². The Morgan fingerprint density at radius 3 is 2.07 bits per heavy atom. The second kappa shape index (κ2) is 15.3. The van der Waals surface area contributed by atoms with E-state index < -0.39 is 27.1 Å². The summed E-state index contributed by atoms with van der Waals surface area (Å²) in [5.41, 5.74) is 1.75. The summed E-state index contributed by atoms with van der Waals surface area (Å²) in [6, 6.07) is 26.0. The zero-order valence-corrected chi connectivity index (χ0v) is 26.8. The van der Waals surface area contributed by atoms with E-state index in [0.29, 0.717) is 34.0 Å². The predicted molar refractivity (Wildman–Crippen MR) is 178 cm³/mol. The molecule has 1 atom stereocenters. The normalized spacial score (nSPS) is 12.0. The van der Waals surface area contributed by atoms with E-state index in [-0.39, 0.29) is 16.5 Å². The van der Waals surface area contributed by atoms with Crippen molar-refractivity contribution in [3.8, 4) is 11.5 Å². The van der Waals surface area contributed by atoms with Crippen LogP contribution in [0.2, 0.25) is 0 Å². The zero-order chi connectivity index (χ0) is 33.3. The number of amides is 3. The van der Waals surface area contributed by atoms with Gasteiger partial charge in [-0.3, -0.25) is 14.4 Å². The van der Waals surface area contributed by atoms with Gasteiger partial charge in [-0.1, -0.05) is 18.2 Å². The number of primary sulfonamides is 1. The molecule has 0 saturated carbocycles. The lowest BCUT2D eigenvalue weighted by Crippen LogP contribution is -2.30. The van der Waals surface area contributed by atoms with Gasteiger partial charge in [0.2, 0.25) is 15.9 Å². The minimum atomic E-state index is -3.83. The molecular weight excluding hydrogens is 629 g/mol. The molecule has 0 bridgehead atoms. The molecule has 13 heteroatoms. The number of carbonyl (C=O) groups is 3. The van der Waals surface area contributed by atoms with E-state index >= 15 is 0 Å². The molecule has 4 aromatic carbocycles. The molecule has 0 saturated heterocycles. The van der Waals surface area contributed by atoms with Crippen molar-refractivity contribution in [2.45, 2.75) is 22.0 Å². The molecule has 0 heterocycles. The Bertz CT molecular complexity index is 1850. The van der Waals surface area contributed by atoms with Crippen molar-refractivity contribution in [3.05, 3.63) is 114 Å². The van der Waals surface area contributed by atoms with Crippen LogP contribution in [0.15, 0.2) is 113 Å². The van der Waals surface area contributed by atoms with Crippen molar-refractivity contribution in [2.24, 2.45) is 5.14 Å². The average molecular weight is 661 g/mol. The van der Waals surface area contributed by atoms with Gasteiger partial charge in [0.1, 0.15) is 17.2 Å². The van der Waals surface area contributed by atoms with Crippen molar-refractivity contribution >= 4 is 57.0 Å². The second-order valence-corrected chi connectivity index (χ2v) is 12.8. The van der Waals surface area contributed by atoms with Crippen molar-refractivity contribution in [2.75, 3.05) is 24.9 Å². The van der Waals surface area contributed by atoms with Crippen LogP contribution in [-0.4, -0.2) is 45.6 Å². The highest BCUT2D eigenvalue weighted by atomic mass is 32.2. The van der Waals surface area contributed by atoms with Gasteiger partial charge in [0.15, 0.2) is 0 Å². The third kappa shape index (κ3) is 9.20. The zero-order valence-electron chi connectivity index (χ0n) is 25.1. The number of sulfonamides is 1. The Balaban J connectivity index is 1.46. The van der Waals surface area contributed by atoms with E-state index in [9.17, 15) is 22.8 Å². The van der Waals surface area contributed by atoms with Crippen molar-refractivity contribution in [1.29, 1.82) is 0 Å². The number of thioether (sulfide) groups is 1. The van der Waals surface area contributed by atoms with Gasteiger partial charge in [-0.25, -0.2) is 13.6 Å². The molecule has 0 spiro atoms. The Kier molecular flexibility index (Phi) is 11.2. The SMILES string of the molecule is COc1ccc(OC)c(/C=C(\NC(=O)c2ccccc2)C(=O)Nc2ccc(SC(C)C(=O)Nc3ccc(S(N)(=O)=O)cc3)cc2)c1. The largest absolute Gasteiger partial charge is 0.497 e. The summed E-state index contributed by atoms with van der Waals surface area (Å²) < 4.78 is 33.7. The molecule has 238 valence electrons. The van der Waals surface area contributed by atoms with Crippen LogP contribution < -0.4 is 30.6 Å². The van der Waals surface area contributed by atoms with Gasteiger partial charge in [-0.15, -0.1) is 11.8 Å². The Labute approximate surface area is 271 Å². The van der Waals surface area contributed by atoms with Gasteiger partial charge in [-0.05, 0) is 91.9 Å². The Morgan fingerprint density at radius 2 is 1.46 bits per heavy atom. The summed E-state index contributed by atoms with van der Waals surface area (Å²) in [5, 5.41) is 12.9. The molecule has 4 rings (SSSR count). The van der Waals surface area contributed by atoms with Crippen LogP contribution in [0.3, 0.4) is 0 Å². The highest BCUT2D eigenvalue weighted by molar-refractivity contribution is 8.00. The van der Waals surface area contributed by atoms with Crippen LogP contribution in [0.25, 0.3) is 6.08 Å². The molecule has 0 radical (unpaired) electrons. The maximum absolute atomic E-state index is 13.5.